The molecule has 6 nitrogen and oxygen atoms in total. The van der Waals surface area contributed by atoms with Crippen LogP contribution in [0.15, 0.2) is 41.0 Å². The topological polar surface area (TPSA) is 79.6 Å². The van der Waals surface area contributed by atoms with Crippen molar-refractivity contribution in [3.05, 3.63) is 52.4 Å². The average Bonchev–Trinajstić information content (AvgIpc) is 2.94. The Kier molecular flexibility index (Phi) is 5.69. The first-order chi connectivity index (χ1) is 10.8. The van der Waals surface area contributed by atoms with Crippen LogP contribution in [0.2, 0.25) is 10.0 Å². The molecule has 0 aliphatic rings. The summed E-state index contributed by atoms with van der Waals surface area (Å²) >= 11 is 11.7. The summed E-state index contributed by atoms with van der Waals surface area (Å²) in [5.74, 6) is -0.0573. The molecule has 1 heterocycles. The number of sulfonamides is 1. The van der Waals surface area contributed by atoms with E-state index in [1.807, 2.05) is 0 Å². The lowest BCUT2D eigenvalue weighted by Crippen LogP contribution is -2.36. The first kappa shape index (κ1) is 17.8. The van der Waals surface area contributed by atoms with Crippen molar-refractivity contribution in [2.24, 2.45) is 0 Å². The molecule has 0 saturated carbocycles. The fourth-order valence-electron chi connectivity index (χ4n) is 1.80. The molecule has 0 bridgehead atoms. The number of anilines is 1. The van der Waals surface area contributed by atoms with Crippen LogP contribution in [0.1, 0.15) is 5.76 Å². The van der Waals surface area contributed by atoms with Crippen molar-refractivity contribution >= 4 is 44.8 Å². The summed E-state index contributed by atoms with van der Waals surface area (Å²) in [5, 5.41) is 3.23. The van der Waals surface area contributed by atoms with E-state index >= 15 is 0 Å². The summed E-state index contributed by atoms with van der Waals surface area (Å²) in [6.07, 6.45) is 2.47. The van der Waals surface area contributed by atoms with Gasteiger partial charge in [0, 0.05) is 5.69 Å². The standard InChI is InChI=1S/C14H14Cl2N2O4S/c1-23(20,21)18(8-11-3-2-6-22-11)9-14(19)17-10-4-5-12(15)13(16)7-10/h2-7H,8-9H2,1H3,(H,17,19). The van der Waals surface area contributed by atoms with Crippen LogP contribution in [0, 0.1) is 0 Å². The van der Waals surface area contributed by atoms with Gasteiger partial charge >= 0.3 is 0 Å². The number of carbonyl (C=O) groups is 1. The smallest absolute Gasteiger partial charge is 0.239 e. The second-order valence-corrected chi connectivity index (χ2v) is 7.58. The van der Waals surface area contributed by atoms with Gasteiger partial charge in [-0.15, -0.1) is 0 Å². The second-order valence-electron chi connectivity index (χ2n) is 4.79. The zero-order chi connectivity index (χ0) is 17.0. The van der Waals surface area contributed by atoms with Gasteiger partial charge in [0.15, 0.2) is 0 Å². The van der Waals surface area contributed by atoms with Gasteiger partial charge in [0.25, 0.3) is 0 Å². The Morgan fingerprint density at radius 2 is 2.00 bits per heavy atom. The minimum absolute atomic E-state index is 0.0272. The Hall–Kier alpha value is -1.54. The van der Waals surface area contributed by atoms with Crippen LogP contribution in [0.4, 0.5) is 5.69 Å². The molecule has 1 N–H and O–H groups in total. The Morgan fingerprint density at radius 1 is 1.26 bits per heavy atom. The summed E-state index contributed by atoms with van der Waals surface area (Å²) in [4.78, 5) is 12.1. The molecule has 2 aromatic rings. The largest absolute Gasteiger partial charge is 0.468 e. The van der Waals surface area contributed by atoms with E-state index in [2.05, 4.69) is 5.32 Å². The number of carbonyl (C=O) groups excluding carboxylic acids is 1. The van der Waals surface area contributed by atoms with E-state index in [0.29, 0.717) is 21.5 Å². The summed E-state index contributed by atoms with van der Waals surface area (Å²) < 4.78 is 29.8. The number of hydrogen-bond acceptors (Lipinski definition) is 4. The summed E-state index contributed by atoms with van der Waals surface area (Å²) in [5.41, 5.74) is 0.427. The van der Waals surface area contributed by atoms with Crippen molar-refractivity contribution in [2.45, 2.75) is 6.54 Å². The van der Waals surface area contributed by atoms with Gasteiger partial charge < -0.3 is 9.73 Å². The summed E-state index contributed by atoms with van der Waals surface area (Å²) in [7, 11) is -3.58. The molecule has 0 aliphatic carbocycles. The molecule has 1 aromatic heterocycles. The number of rotatable bonds is 6. The second kappa shape index (κ2) is 7.35. The first-order valence-corrected chi connectivity index (χ1v) is 9.08. The highest BCUT2D eigenvalue weighted by Crippen LogP contribution is 2.25. The Bertz CT molecular complexity index is 791. The SMILES string of the molecule is CS(=O)(=O)N(CC(=O)Nc1ccc(Cl)c(Cl)c1)Cc1ccco1. The van der Waals surface area contributed by atoms with Gasteiger partial charge in [0.1, 0.15) is 5.76 Å². The van der Waals surface area contributed by atoms with Crippen LogP contribution in [0.3, 0.4) is 0 Å². The van der Waals surface area contributed by atoms with Crippen molar-refractivity contribution in [1.29, 1.82) is 0 Å². The lowest BCUT2D eigenvalue weighted by Gasteiger charge is -2.18. The average molecular weight is 377 g/mol. The summed E-state index contributed by atoms with van der Waals surface area (Å²) in [6.45, 7) is -0.375. The predicted octanol–water partition coefficient (Wildman–Crippen LogP) is 2.99. The maximum absolute atomic E-state index is 12.1. The van der Waals surface area contributed by atoms with Gasteiger partial charge in [-0.1, -0.05) is 23.2 Å². The number of benzene rings is 1. The van der Waals surface area contributed by atoms with Crippen molar-refractivity contribution in [3.63, 3.8) is 0 Å². The van der Waals surface area contributed by atoms with E-state index in [9.17, 15) is 13.2 Å². The van der Waals surface area contributed by atoms with E-state index in [1.165, 1.54) is 18.4 Å². The van der Waals surface area contributed by atoms with E-state index < -0.39 is 15.9 Å². The first-order valence-electron chi connectivity index (χ1n) is 6.48. The van der Waals surface area contributed by atoms with Gasteiger partial charge in [0.2, 0.25) is 15.9 Å². The molecule has 23 heavy (non-hydrogen) atoms. The van der Waals surface area contributed by atoms with Crippen LogP contribution in [-0.4, -0.2) is 31.4 Å². The van der Waals surface area contributed by atoms with Crippen LogP contribution >= 0.6 is 23.2 Å². The van der Waals surface area contributed by atoms with Crippen molar-refractivity contribution in [2.75, 3.05) is 18.1 Å². The molecule has 0 radical (unpaired) electrons. The molecule has 0 fully saturated rings. The van der Waals surface area contributed by atoms with Crippen LogP contribution < -0.4 is 5.32 Å². The van der Waals surface area contributed by atoms with Crippen molar-refractivity contribution in [3.8, 4) is 0 Å². The third-order valence-corrected chi connectivity index (χ3v) is 4.84. The third kappa shape index (κ3) is 5.24. The molecule has 1 amide bonds. The molecule has 9 heteroatoms. The van der Waals surface area contributed by atoms with E-state index in [0.717, 1.165) is 10.6 Å². The van der Waals surface area contributed by atoms with Gasteiger partial charge in [-0.05, 0) is 30.3 Å². The molecule has 0 saturated heterocycles. The zero-order valence-electron chi connectivity index (χ0n) is 12.1. The Morgan fingerprint density at radius 3 is 2.57 bits per heavy atom. The Labute approximate surface area is 144 Å². The number of halogens is 2. The Balaban J connectivity index is 2.06. The lowest BCUT2D eigenvalue weighted by molar-refractivity contribution is -0.116. The fraction of sp³-hybridized carbons (Fsp3) is 0.214. The van der Waals surface area contributed by atoms with Crippen molar-refractivity contribution in [1.82, 2.24) is 4.31 Å². The number of hydrogen-bond donors (Lipinski definition) is 1. The van der Waals surface area contributed by atoms with E-state index in [1.54, 1.807) is 18.2 Å². The quantitative estimate of drug-likeness (QED) is 0.840. The van der Waals surface area contributed by atoms with Crippen LogP contribution in [-0.2, 0) is 21.4 Å². The number of nitrogens with zero attached hydrogens (tertiary/aromatic N) is 1. The minimum Gasteiger partial charge on any atom is -0.468 e. The number of nitrogens with one attached hydrogen (secondary N) is 1. The molecule has 124 valence electrons. The van der Waals surface area contributed by atoms with Gasteiger partial charge in [-0.3, -0.25) is 4.79 Å². The van der Waals surface area contributed by atoms with E-state index in [-0.39, 0.29) is 13.1 Å². The monoisotopic (exact) mass is 376 g/mol. The summed E-state index contributed by atoms with van der Waals surface area (Å²) in [6, 6.07) is 7.87. The van der Waals surface area contributed by atoms with Crippen molar-refractivity contribution < 1.29 is 17.6 Å². The molecular weight excluding hydrogens is 363 g/mol. The van der Waals surface area contributed by atoms with Crippen LogP contribution in [0.5, 0.6) is 0 Å². The fourth-order valence-corrected chi connectivity index (χ4v) is 2.81. The molecule has 0 aliphatic heterocycles. The molecule has 0 unspecified atom stereocenters. The number of furan rings is 1. The van der Waals surface area contributed by atoms with Crippen LogP contribution in [0.25, 0.3) is 0 Å². The minimum atomic E-state index is -3.58. The maximum atomic E-state index is 12.1. The third-order valence-electron chi connectivity index (χ3n) is 2.90. The molecule has 0 atom stereocenters. The van der Waals surface area contributed by atoms with Gasteiger partial charge in [-0.2, -0.15) is 4.31 Å². The van der Waals surface area contributed by atoms with Gasteiger partial charge in [-0.25, -0.2) is 8.42 Å². The highest BCUT2D eigenvalue weighted by molar-refractivity contribution is 7.88. The highest BCUT2D eigenvalue weighted by atomic mass is 35.5. The lowest BCUT2D eigenvalue weighted by atomic mass is 10.3. The van der Waals surface area contributed by atoms with Gasteiger partial charge in [0.05, 0.1) is 35.7 Å². The number of amides is 1. The van der Waals surface area contributed by atoms with E-state index in [4.69, 9.17) is 27.6 Å². The predicted molar refractivity (Wildman–Crippen MR) is 89.1 cm³/mol. The highest BCUT2D eigenvalue weighted by Gasteiger charge is 2.21. The molecular formula is C14H14Cl2N2O4S. The normalized spacial score (nSPS) is 11.7. The molecule has 1 aromatic carbocycles. The molecule has 0 spiro atoms. The maximum Gasteiger partial charge on any atom is 0.239 e. The molecule has 2 rings (SSSR count). The zero-order valence-corrected chi connectivity index (χ0v) is 14.5.